The van der Waals surface area contributed by atoms with Gasteiger partial charge < -0.3 is 0 Å². The molecule has 1 heterocycles. The van der Waals surface area contributed by atoms with Crippen molar-refractivity contribution in [2.45, 2.75) is 38.1 Å². The number of hydrogen-bond donors (Lipinski definition) is 0. The van der Waals surface area contributed by atoms with E-state index in [4.69, 9.17) is 4.98 Å². The van der Waals surface area contributed by atoms with Gasteiger partial charge in [-0.05, 0) is 78.6 Å². The topological polar surface area (TPSA) is 72.3 Å². The van der Waals surface area contributed by atoms with Crippen LogP contribution in [0.3, 0.4) is 0 Å². The van der Waals surface area contributed by atoms with Gasteiger partial charge in [-0.3, -0.25) is 9.36 Å². The van der Waals surface area contributed by atoms with Crippen LogP contribution in [0.5, 0.6) is 0 Å². The molecule has 0 radical (unpaired) electrons. The van der Waals surface area contributed by atoms with Crippen molar-refractivity contribution in [2.24, 2.45) is 5.92 Å². The minimum Gasteiger partial charge on any atom is -0.268 e. The van der Waals surface area contributed by atoms with Gasteiger partial charge >= 0.3 is 0 Å². The lowest BCUT2D eigenvalue weighted by Gasteiger charge is -2.30. The van der Waals surface area contributed by atoms with Gasteiger partial charge in [0.2, 0.25) is 10.0 Å². The summed E-state index contributed by atoms with van der Waals surface area (Å²) in [5.74, 6) is 0.652. The van der Waals surface area contributed by atoms with E-state index < -0.39 is 16.1 Å². The number of sulfonamides is 1. The lowest BCUT2D eigenvalue weighted by atomic mass is 10.1. The van der Waals surface area contributed by atoms with Gasteiger partial charge in [-0.25, -0.2) is 13.4 Å². The Balaban J connectivity index is 1.71. The Hall–Kier alpha value is -3.33. The molecule has 39 heavy (non-hydrogen) atoms. The minimum absolute atomic E-state index is 0.218. The van der Waals surface area contributed by atoms with Crippen LogP contribution in [0.1, 0.15) is 39.1 Å². The second-order valence-corrected chi connectivity index (χ2v) is 12.9. The maximum Gasteiger partial charge on any atom is 0.266 e. The molecule has 0 saturated carbocycles. The smallest absolute Gasteiger partial charge is 0.266 e. The third kappa shape index (κ3) is 5.41. The van der Waals surface area contributed by atoms with Gasteiger partial charge in [0, 0.05) is 11.0 Å². The quantitative estimate of drug-likeness (QED) is 0.190. The van der Waals surface area contributed by atoms with Crippen LogP contribution in [0.15, 0.2) is 105 Å². The first-order valence-electron chi connectivity index (χ1n) is 12.9. The summed E-state index contributed by atoms with van der Waals surface area (Å²) in [6, 6.07) is 26.7. The molecule has 0 spiro atoms. The van der Waals surface area contributed by atoms with Gasteiger partial charge in [-0.1, -0.05) is 72.2 Å². The van der Waals surface area contributed by atoms with Crippen molar-refractivity contribution in [3.63, 3.8) is 0 Å². The monoisotopic (exact) mass is 603 g/mol. The number of hydrogen-bond acceptors (Lipinski definition) is 4. The fraction of sp³-hybridized carbons (Fsp3) is 0.226. The first-order valence-corrected chi connectivity index (χ1v) is 15.2. The van der Waals surface area contributed by atoms with Crippen molar-refractivity contribution in [1.82, 2.24) is 13.9 Å². The molecule has 0 amide bonds. The number of nitrogens with zero attached hydrogens (tertiary/aromatic N) is 3. The van der Waals surface area contributed by atoms with Crippen LogP contribution < -0.4 is 5.56 Å². The summed E-state index contributed by atoms with van der Waals surface area (Å²) in [6.45, 7) is 6.23. The molecule has 5 rings (SSSR count). The fourth-order valence-electron chi connectivity index (χ4n) is 4.77. The zero-order valence-electron chi connectivity index (χ0n) is 22.1. The van der Waals surface area contributed by atoms with Crippen molar-refractivity contribution < 1.29 is 8.42 Å². The Morgan fingerprint density at radius 3 is 2.26 bits per heavy atom. The van der Waals surface area contributed by atoms with E-state index in [0.29, 0.717) is 28.8 Å². The van der Waals surface area contributed by atoms with E-state index in [1.165, 1.54) is 8.87 Å². The molecule has 0 aliphatic rings. The van der Waals surface area contributed by atoms with E-state index in [0.717, 1.165) is 15.2 Å². The summed E-state index contributed by atoms with van der Waals surface area (Å²) in [6.07, 6.45) is 0.660. The summed E-state index contributed by atoms with van der Waals surface area (Å²) in [4.78, 5) is 18.9. The van der Waals surface area contributed by atoms with Crippen molar-refractivity contribution in [2.75, 3.05) is 6.54 Å². The Bertz CT molecular complexity index is 1820. The Labute approximate surface area is 237 Å². The number of rotatable bonds is 8. The van der Waals surface area contributed by atoms with E-state index >= 15 is 0 Å². The second-order valence-electron chi connectivity index (χ2n) is 10.1. The lowest BCUT2D eigenvalue weighted by molar-refractivity contribution is 0.308. The number of para-hydroxylation sites is 1. The van der Waals surface area contributed by atoms with Crippen LogP contribution >= 0.6 is 15.9 Å². The highest BCUT2D eigenvalue weighted by Crippen LogP contribution is 2.31. The fourth-order valence-corrected chi connectivity index (χ4v) is 6.68. The van der Waals surface area contributed by atoms with Crippen molar-refractivity contribution in [3.8, 4) is 5.69 Å². The van der Waals surface area contributed by atoms with Crippen molar-refractivity contribution >= 4 is 47.6 Å². The zero-order chi connectivity index (χ0) is 27.7. The molecule has 0 N–H and O–H groups in total. The molecule has 8 heteroatoms. The summed E-state index contributed by atoms with van der Waals surface area (Å²) in [5, 5.41) is 2.30. The third-order valence-electron chi connectivity index (χ3n) is 6.95. The predicted molar refractivity (Wildman–Crippen MR) is 161 cm³/mol. The molecule has 0 aliphatic heterocycles. The second kappa shape index (κ2) is 11.0. The van der Waals surface area contributed by atoms with Gasteiger partial charge in [0.05, 0.1) is 27.5 Å². The summed E-state index contributed by atoms with van der Waals surface area (Å²) in [7, 11) is -3.94. The van der Waals surface area contributed by atoms with Crippen molar-refractivity contribution in [1.29, 1.82) is 0 Å². The normalized spacial score (nSPS) is 13.0. The van der Waals surface area contributed by atoms with Gasteiger partial charge in [-0.2, -0.15) is 4.31 Å². The summed E-state index contributed by atoms with van der Waals surface area (Å²) >= 11 is 3.46. The van der Waals surface area contributed by atoms with E-state index in [9.17, 15) is 13.2 Å². The molecular weight excluding hydrogens is 574 g/mol. The van der Waals surface area contributed by atoms with Gasteiger partial charge in [-0.15, -0.1) is 0 Å². The predicted octanol–water partition coefficient (Wildman–Crippen LogP) is 7.10. The number of fused-ring (bicyclic) bond motifs is 2. The van der Waals surface area contributed by atoms with Crippen LogP contribution in [0.2, 0.25) is 0 Å². The molecule has 5 aromatic rings. The van der Waals surface area contributed by atoms with Crippen molar-refractivity contribution in [3.05, 3.63) is 112 Å². The maximum atomic E-state index is 14.2. The molecule has 1 atom stereocenters. The third-order valence-corrected chi connectivity index (χ3v) is 9.44. The van der Waals surface area contributed by atoms with Crippen LogP contribution in [0, 0.1) is 5.92 Å². The molecule has 4 aromatic carbocycles. The molecule has 200 valence electrons. The molecule has 0 aliphatic carbocycles. The summed E-state index contributed by atoms with van der Waals surface area (Å²) < 4.78 is 32.4. The number of aromatic nitrogens is 2. The standard InChI is InChI=1S/C31H30BrN3O3S/c1-21(2)18-19-34(39(37,38)27-17-12-23-8-4-5-9-24(23)20-27)22(3)30-33-29-11-7-6-10-28(29)31(36)35(30)26-15-13-25(32)14-16-26/h4-17,20-22H,18-19H2,1-3H3. The molecular formula is C31H30BrN3O3S. The van der Waals surface area contributed by atoms with Gasteiger partial charge in [0.1, 0.15) is 5.82 Å². The largest absolute Gasteiger partial charge is 0.268 e. The highest BCUT2D eigenvalue weighted by Gasteiger charge is 2.33. The molecule has 0 bridgehead atoms. The Kier molecular flexibility index (Phi) is 7.71. The summed E-state index contributed by atoms with van der Waals surface area (Å²) in [5.41, 5.74) is 0.913. The average Bonchev–Trinajstić information content (AvgIpc) is 2.93. The highest BCUT2D eigenvalue weighted by atomic mass is 79.9. The Morgan fingerprint density at radius 1 is 0.872 bits per heavy atom. The van der Waals surface area contributed by atoms with E-state index in [2.05, 4.69) is 29.8 Å². The SMILES string of the molecule is CC(C)CCN(C(C)c1nc2ccccc2c(=O)n1-c1ccc(Br)cc1)S(=O)(=O)c1ccc2ccccc2c1. The first-order chi connectivity index (χ1) is 18.7. The number of benzene rings is 4. The van der Waals surface area contributed by atoms with Crippen LogP contribution in [0.25, 0.3) is 27.4 Å². The van der Waals surface area contributed by atoms with Gasteiger partial charge in [0.15, 0.2) is 0 Å². The minimum atomic E-state index is -3.94. The van der Waals surface area contributed by atoms with E-state index in [-0.39, 0.29) is 22.9 Å². The maximum absolute atomic E-state index is 14.2. The Morgan fingerprint density at radius 2 is 1.54 bits per heavy atom. The van der Waals surface area contributed by atoms with Gasteiger partial charge in [0.25, 0.3) is 5.56 Å². The average molecular weight is 605 g/mol. The molecule has 0 saturated heterocycles. The molecule has 0 fully saturated rings. The zero-order valence-corrected chi connectivity index (χ0v) is 24.5. The number of halogens is 1. The lowest BCUT2D eigenvalue weighted by Crippen LogP contribution is -2.38. The highest BCUT2D eigenvalue weighted by molar-refractivity contribution is 9.10. The molecule has 6 nitrogen and oxygen atoms in total. The molecule has 1 aromatic heterocycles. The van der Waals surface area contributed by atoms with Crippen LogP contribution in [-0.2, 0) is 10.0 Å². The van der Waals surface area contributed by atoms with E-state index in [1.807, 2.05) is 67.6 Å². The van der Waals surface area contributed by atoms with E-state index in [1.54, 1.807) is 30.3 Å². The molecule has 1 unspecified atom stereocenters. The van der Waals surface area contributed by atoms with Crippen LogP contribution in [-0.4, -0.2) is 28.8 Å². The van der Waals surface area contributed by atoms with Crippen LogP contribution in [0.4, 0.5) is 0 Å². The first kappa shape index (κ1) is 27.2.